The monoisotopic (exact) mass is 270 g/mol. The Morgan fingerprint density at radius 2 is 2.25 bits per heavy atom. The number of rotatable bonds is 5. The van der Waals surface area contributed by atoms with E-state index in [4.69, 9.17) is 9.78 Å². The summed E-state index contributed by atoms with van der Waals surface area (Å²) >= 11 is 0. The molecule has 0 bridgehead atoms. The minimum absolute atomic E-state index is 0.166. The molecule has 1 heterocycles. The van der Waals surface area contributed by atoms with Gasteiger partial charge in [0.05, 0.1) is 11.3 Å². The molecule has 2 N–H and O–H groups in total. The van der Waals surface area contributed by atoms with Crippen LogP contribution in [0.3, 0.4) is 0 Å². The van der Waals surface area contributed by atoms with E-state index >= 15 is 0 Å². The zero-order valence-electron chi connectivity index (χ0n) is 11.0. The summed E-state index contributed by atoms with van der Waals surface area (Å²) in [6.07, 6.45) is 0.270. The van der Waals surface area contributed by atoms with Crippen molar-refractivity contribution < 1.29 is 9.32 Å². The first-order chi connectivity index (χ1) is 9.69. The van der Waals surface area contributed by atoms with E-state index in [2.05, 4.69) is 21.9 Å². The Labute approximate surface area is 116 Å². The van der Waals surface area contributed by atoms with E-state index in [9.17, 15) is 4.79 Å². The number of para-hydroxylation sites is 1. The lowest BCUT2D eigenvalue weighted by Gasteiger charge is -2.07. The Morgan fingerprint density at radius 3 is 2.95 bits per heavy atom. The lowest BCUT2D eigenvalue weighted by atomic mass is 10.2. The molecule has 0 unspecified atom stereocenters. The number of carbonyl (C=O) groups is 1. The average molecular weight is 270 g/mol. The molecule has 0 fully saturated rings. The lowest BCUT2D eigenvalue weighted by Crippen LogP contribution is -2.16. The summed E-state index contributed by atoms with van der Waals surface area (Å²) in [5, 5.41) is 18.3. The maximum atomic E-state index is 11.7. The van der Waals surface area contributed by atoms with Gasteiger partial charge in [-0.05, 0) is 19.1 Å². The molecule has 6 heteroatoms. The molecule has 0 spiro atoms. The molecule has 6 nitrogen and oxygen atoms in total. The number of amides is 1. The van der Waals surface area contributed by atoms with E-state index in [1.165, 1.54) is 0 Å². The SMILES string of the molecule is Cc1cc(NC(=O)CCNc2ccccc2C#N)no1. The summed E-state index contributed by atoms with van der Waals surface area (Å²) in [6, 6.07) is 10.9. The normalized spacial score (nSPS) is 9.80. The smallest absolute Gasteiger partial charge is 0.227 e. The van der Waals surface area contributed by atoms with E-state index in [0.29, 0.717) is 23.7 Å². The largest absolute Gasteiger partial charge is 0.383 e. The highest BCUT2D eigenvalue weighted by Crippen LogP contribution is 2.13. The van der Waals surface area contributed by atoms with Gasteiger partial charge in [-0.25, -0.2) is 0 Å². The summed E-state index contributed by atoms with van der Waals surface area (Å²) in [5.74, 6) is 0.881. The van der Waals surface area contributed by atoms with Crippen LogP contribution in [0.25, 0.3) is 0 Å². The van der Waals surface area contributed by atoms with Crippen LogP contribution >= 0.6 is 0 Å². The second-order valence-corrected chi connectivity index (χ2v) is 4.21. The van der Waals surface area contributed by atoms with Crippen molar-refractivity contribution in [2.24, 2.45) is 0 Å². The summed E-state index contributed by atoms with van der Waals surface area (Å²) in [7, 11) is 0. The summed E-state index contributed by atoms with van der Waals surface area (Å²) in [6.45, 7) is 2.18. The lowest BCUT2D eigenvalue weighted by molar-refractivity contribution is -0.116. The standard InChI is InChI=1S/C14H14N4O2/c1-10-8-13(18-20-10)17-14(19)6-7-16-12-5-3-2-4-11(12)9-15/h2-5,8,16H,6-7H2,1H3,(H,17,18,19). The quantitative estimate of drug-likeness (QED) is 0.869. The zero-order chi connectivity index (χ0) is 14.4. The molecule has 0 radical (unpaired) electrons. The fraction of sp³-hybridized carbons (Fsp3) is 0.214. The number of nitrogens with one attached hydrogen (secondary N) is 2. The third-order valence-corrected chi connectivity index (χ3v) is 2.61. The maximum Gasteiger partial charge on any atom is 0.227 e. The van der Waals surface area contributed by atoms with Crippen LogP contribution in [-0.4, -0.2) is 17.6 Å². The molecule has 2 rings (SSSR count). The Hall–Kier alpha value is -2.81. The van der Waals surface area contributed by atoms with E-state index in [-0.39, 0.29) is 12.3 Å². The Balaban J connectivity index is 1.81. The number of anilines is 2. The molecule has 2 aromatic rings. The van der Waals surface area contributed by atoms with Gasteiger partial charge in [0.25, 0.3) is 0 Å². The fourth-order valence-electron chi connectivity index (χ4n) is 1.68. The van der Waals surface area contributed by atoms with Gasteiger partial charge in [-0.1, -0.05) is 17.3 Å². The van der Waals surface area contributed by atoms with Gasteiger partial charge in [-0.15, -0.1) is 0 Å². The van der Waals surface area contributed by atoms with E-state index in [1.54, 1.807) is 31.2 Å². The molecule has 0 aliphatic carbocycles. The predicted molar refractivity (Wildman–Crippen MR) is 74.1 cm³/mol. The van der Waals surface area contributed by atoms with Crippen molar-refractivity contribution in [1.82, 2.24) is 5.16 Å². The maximum absolute atomic E-state index is 11.7. The highest BCUT2D eigenvalue weighted by Gasteiger charge is 2.06. The van der Waals surface area contributed by atoms with E-state index in [0.717, 1.165) is 5.69 Å². The molecule has 1 aromatic carbocycles. The molecule has 1 amide bonds. The third kappa shape index (κ3) is 3.59. The molecule has 0 atom stereocenters. The first-order valence-corrected chi connectivity index (χ1v) is 6.15. The first kappa shape index (κ1) is 13.6. The molecule has 102 valence electrons. The molecule has 1 aromatic heterocycles. The van der Waals surface area contributed by atoms with Crippen molar-refractivity contribution in [1.29, 1.82) is 5.26 Å². The van der Waals surface area contributed by atoms with Crippen molar-refractivity contribution in [3.63, 3.8) is 0 Å². The molecular weight excluding hydrogens is 256 g/mol. The third-order valence-electron chi connectivity index (χ3n) is 2.61. The van der Waals surface area contributed by atoms with Gasteiger partial charge in [0.2, 0.25) is 5.91 Å². The van der Waals surface area contributed by atoms with Crippen LogP contribution in [0.1, 0.15) is 17.7 Å². The minimum atomic E-state index is -0.166. The molecule has 20 heavy (non-hydrogen) atoms. The zero-order valence-corrected chi connectivity index (χ0v) is 11.0. The van der Waals surface area contributed by atoms with Crippen molar-refractivity contribution in [2.75, 3.05) is 17.2 Å². The van der Waals surface area contributed by atoms with Gasteiger partial charge < -0.3 is 15.2 Å². The molecule has 0 saturated heterocycles. The van der Waals surface area contributed by atoms with Crippen LogP contribution in [0.4, 0.5) is 11.5 Å². The molecular formula is C14H14N4O2. The van der Waals surface area contributed by atoms with Gasteiger partial charge in [0, 0.05) is 19.0 Å². The second kappa shape index (κ2) is 6.38. The van der Waals surface area contributed by atoms with Crippen molar-refractivity contribution in [3.8, 4) is 6.07 Å². The number of carbonyl (C=O) groups excluding carboxylic acids is 1. The van der Waals surface area contributed by atoms with E-state index < -0.39 is 0 Å². The number of hydrogen-bond acceptors (Lipinski definition) is 5. The van der Waals surface area contributed by atoms with E-state index in [1.807, 2.05) is 6.07 Å². The minimum Gasteiger partial charge on any atom is -0.383 e. The van der Waals surface area contributed by atoms with Crippen molar-refractivity contribution in [2.45, 2.75) is 13.3 Å². The number of nitrogens with zero attached hydrogens (tertiary/aromatic N) is 2. The number of aryl methyl sites for hydroxylation is 1. The average Bonchev–Trinajstić information content (AvgIpc) is 2.84. The molecule has 0 aliphatic heterocycles. The van der Waals surface area contributed by atoms with Crippen LogP contribution in [-0.2, 0) is 4.79 Å². The second-order valence-electron chi connectivity index (χ2n) is 4.21. The fourth-order valence-corrected chi connectivity index (χ4v) is 1.68. The Morgan fingerprint density at radius 1 is 1.45 bits per heavy atom. The summed E-state index contributed by atoms with van der Waals surface area (Å²) in [5.41, 5.74) is 1.28. The number of nitriles is 1. The van der Waals surface area contributed by atoms with Crippen LogP contribution in [0, 0.1) is 18.3 Å². The van der Waals surface area contributed by atoms with Gasteiger partial charge in [0.1, 0.15) is 11.8 Å². The Bertz CT molecular complexity index is 643. The van der Waals surface area contributed by atoms with Crippen molar-refractivity contribution in [3.05, 3.63) is 41.7 Å². The van der Waals surface area contributed by atoms with Gasteiger partial charge in [0.15, 0.2) is 5.82 Å². The Kier molecular flexibility index (Phi) is 4.35. The van der Waals surface area contributed by atoms with Crippen LogP contribution in [0.15, 0.2) is 34.9 Å². The van der Waals surface area contributed by atoms with Gasteiger partial charge in [-0.3, -0.25) is 4.79 Å². The molecule has 0 saturated carbocycles. The number of aromatic nitrogens is 1. The van der Waals surface area contributed by atoms with Crippen LogP contribution < -0.4 is 10.6 Å². The van der Waals surface area contributed by atoms with Crippen LogP contribution in [0.2, 0.25) is 0 Å². The highest BCUT2D eigenvalue weighted by atomic mass is 16.5. The topological polar surface area (TPSA) is 91.0 Å². The predicted octanol–water partition coefficient (Wildman–Crippen LogP) is 2.30. The highest BCUT2D eigenvalue weighted by molar-refractivity contribution is 5.90. The first-order valence-electron chi connectivity index (χ1n) is 6.15. The van der Waals surface area contributed by atoms with Gasteiger partial charge >= 0.3 is 0 Å². The van der Waals surface area contributed by atoms with Crippen LogP contribution in [0.5, 0.6) is 0 Å². The van der Waals surface area contributed by atoms with Crippen molar-refractivity contribution >= 4 is 17.4 Å². The van der Waals surface area contributed by atoms with Gasteiger partial charge in [-0.2, -0.15) is 5.26 Å². The number of hydrogen-bond donors (Lipinski definition) is 2. The summed E-state index contributed by atoms with van der Waals surface area (Å²) < 4.78 is 4.85. The number of benzene rings is 1. The molecule has 0 aliphatic rings. The summed E-state index contributed by atoms with van der Waals surface area (Å²) in [4.78, 5) is 11.7.